The average molecular weight is 317 g/mol. The summed E-state index contributed by atoms with van der Waals surface area (Å²) in [5, 5.41) is 14.3. The monoisotopic (exact) mass is 317 g/mol. The van der Waals surface area contributed by atoms with Crippen molar-refractivity contribution in [3.8, 4) is 17.2 Å². The Balaban J connectivity index is 1.21. The number of hydrogen-bond acceptors (Lipinski definition) is 6. The molecule has 3 heterocycles. The van der Waals surface area contributed by atoms with Crippen LogP contribution in [0.3, 0.4) is 0 Å². The lowest BCUT2D eigenvalue weighted by Crippen LogP contribution is -2.51. The molecule has 0 radical (unpaired) electrons. The van der Waals surface area contributed by atoms with Crippen molar-refractivity contribution < 1.29 is 19.3 Å². The van der Waals surface area contributed by atoms with Gasteiger partial charge in [-0.25, -0.2) is 0 Å². The lowest BCUT2D eigenvalue weighted by Gasteiger charge is -2.40. The first-order chi connectivity index (χ1) is 11.3. The number of aliphatic hydroxyl groups is 1. The van der Waals surface area contributed by atoms with Crippen molar-refractivity contribution in [1.29, 1.82) is 0 Å². The molecule has 23 heavy (non-hydrogen) atoms. The van der Waals surface area contributed by atoms with Crippen LogP contribution in [0.1, 0.15) is 6.04 Å². The zero-order valence-corrected chi connectivity index (χ0v) is 12.7. The van der Waals surface area contributed by atoms with Gasteiger partial charge < -0.3 is 19.3 Å². The van der Waals surface area contributed by atoms with Crippen LogP contribution in [0, 0.1) is 0 Å². The van der Waals surface area contributed by atoms with Gasteiger partial charge in [0.15, 0.2) is 11.5 Å². The highest BCUT2D eigenvalue weighted by molar-refractivity contribution is 5.46. The second kappa shape index (κ2) is 6.10. The maximum Gasteiger partial charge on any atom is 0.231 e. The number of nitrogens with zero attached hydrogens (tertiary/aromatic N) is 3. The van der Waals surface area contributed by atoms with Gasteiger partial charge in [-0.2, -0.15) is 5.10 Å². The molecule has 1 aromatic carbocycles. The standard InChI is InChI=1S/C16H19N3O4/c20-13(9-18-7-12(8-18)19-5-1-4-17-19)10-21-14-2-3-15-16(6-14)23-11-22-15/h1-6,12-13,20H,7-11H2. The predicted molar refractivity (Wildman–Crippen MR) is 81.8 cm³/mol. The van der Waals surface area contributed by atoms with Crippen LogP contribution in [0.2, 0.25) is 0 Å². The van der Waals surface area contributed by atoms with E-state index in [0.717, 1.165) is 18.8 Å². The molecule has 1 saturated heterocycles. The smallest absolute Gasteiger partial charge is 0.231 e. The third kappa shape index (κ3) is 3.11. The molecule has 2 aromatic rings. The predicted octanol–water partition coefficient (Wildman–Crippen LogP) is 0.908. The van der Waals surface area contributed by atoms with Crippen LogP contribution in [0.15, 0.2) is 36.7 Å². The molecule has 1 fully saturated rings. The molecule has 4 rings (SSSR count). The molecule has 1 aromatic heterocycles. The third-order valence-corrected chi connectivity index (χ3v) is 4.09. The summed E-state index contributed by atoms with van der Waals surface area (Å²) in [5.41, 5.74) is 0. The summed E-state index contributed by atoms with van der Waals surface area (Å²) < 4.78 is 18.2. The number of fused-ring (bicyclic) bond motifs is 1. The number of aromatic nitrogens is 2. The molecule has 7 nitrogen and oxygen atoms in total. The molecule has 1 N–H and O–H groups in total. The SMILES string of the molecule is OC(COc1ccc2c(c1)OCO2)CN1CC(n2cccn2)C1. The van der Waals surface area contributed by atoms with Crippen molar-refractivity contribution in [3.05, 3.63) is 36.7 Å². The topological polar surface area (TPSA) is 69.0 Å². The summed E-state index contributed by atoms with van der Waals surface area (Å²) in [6.45, 7) is 2.91. The normalized spacial score (nSPS) is 18.7. The maximum absolute atomic E-state index is 10.1. The van der Waals surface area contributed by atoms with E-state index < -0.39 is 6.10 Å². The Morgan fingerprint density at radius 1 is 1.30 bits per heavy atom. The Labute approximate surface area is 134 Å². The van der Waals surface area contributed by atoms with E-state index >= 15 is 0 Å². The number of benzene rings is 1. The fraction of sp³-hybridized carbons (Fsp3) is 0.438. The summed E-state index contributed by atoms with van der Waals surface area (Å²) in [6, 6.07) is 7.75. The summed E-state index contributed by atoms with van der Waals surface area (Å²) in [4.78, 5) is 2.19. The number of likely N-dealkylation sites (tertiary alicyclic amines) is 1. The molecule has 0 amide bonds. The van der Waals surface area contributed by atoms with Crippen molar-refractivity contribution in [3.63, 3.8) is 0 Å². The van der Waals surface area contributed by atoms with Gasteiger partial charge in [0.2, 0.25) is 6.79 Å². The zero-order valence-electron chi connectivity index (χ0n) is 12.7. The molecule has 122 valence electrons. The van der Waals surface area contributed by atoms with Gasteiger partial charge >= 0.3 is 0 Å². The fourth-order valence-corrected chi connectivity index (χ4v) is 2.87. The summed E-state index contributed by atoms with van der Waals surface area (Å²) in [6.07, 6.45) is 3.23. The Bertz CT molecular complexity index is 655. The van der Waals surface area contributed by atoms with E-state index in [0.29, 0.717) is 24.1 Å². The minimum Gasteiger partial charge on any atom is -0.491 e. The van der Waals surface area contributed by atoms with Gasteiger partial charge in [0.25, 0.3) is 0 Å². The Morgan fingerprint density at radius 3 is 3.00 bits per heavy atom. The molecule has 2 aliphatic rings. The van der Waals surface area contributed by atoms with E-state index in [4.69, 9.17) is 14.2 Å². The molecular weight excluding hydrogens is 298 g/mol. The van der Waals surface area contributed by atoms with Crippen LogP contribution in [0.25, 0.3) is 0 Å². The Hall–Kier alpha value is -2.25. The van der Waals surface area contributed by atoms with Gasteiger partial charge in [0.05, 0.1) is 6.04 Å². The Kier molecular flexibility index (Phi) is 3.80. The molecule has 0 spiro atoms. The summed E-state index contributed by atoms with van der Waals surface area (Å²) in [7, 11) is 0. The lowest BCUT2D eigenvalue weighted by molar-refractivity contribution is 0.0204. The largest absolute Gasteiger partial charge is 0.491 e. The third-order valence-electron chi connectivity index (χ3n) is 4.09. The van der Waals surface area contributed by atoms with Crippen LogP contribution in [-0.4, -0.2) is 58.9 Å². The second-order valence-electron chi connectivity index (χ2n) is 5.84. The number of ether oxygens (including phenoxy) is 3. The van der Waals surface area contributed by atoms with Crippen LogP contribution in [-0.2, 0) is 0 Å². The summed E-state index contributed by atoms with van der Waals surface area (Å²) >= 11 is 0. The number of hydrogen-bond donors (Lipinski definition) is 1. The fourth-order valence-electron chi connectivity index (χ4n) is 2.87. The first-order valence-corrected chi connectivity index (χ1v) is 7.70. The minimum absolute atomic E-state index is 0.244. The van der Waals surface area contributed by atoms with E-state index in [1.165, 1.54) is 0 Å². The van der Waals surface area contributed by atoms with E-state index in [9.17, 15) is 5.11 Å². The van der Waals surface area contributed by atoms with Gasteiger partial charge in [-0.3, -0.25) is 9.58 Å². The van der Waals surface area contributed by atoms with Crippen LogP contribution < -0.4 is 14.2 Å². The van der Waals surface area contributed by atoms with Crippen LogP contribution in [0.5, 0.6) is 17.2 Å². The number of aliphatic hydroxyl groups excluding tert-OH is 1. The second-order valence-corrected chi connectivity index (χ2v) is 5.84. The van der Waals surface area contributed by atoms with Crippen molar-refractivity contribution in [2.24, 2.45) is 0 Å². The number of β-amino-alcohol motifs (C(OH)–C–C–N with tert-alkyl or cyclic N) is 1. The van der Waals surface area contributed by atoms with Gasteiger partial charge in [0.1, 0.15) is 18.5 Å². The maximum atomic E-state index is 10.1. The molecule has 1 atom stereocenters. The van der Waals surface area contributed by atoms with E-state index in [1.54, 1.807) is 12.3 Å². The van der Waals surface area contributed by atoms with Crippen molar-refractivity contribution in [2.45, 2.75) is 12.1 Å². The molecular formula is C16H19N3O4. The van der Waals surface area contributed by atoms with Gasteiger partial charge in [0, 0.05) is 38.1 Å². The van der Waals surface area contributed by atoms with Crippen molar-refractivity contribution in [1.82, 2.24) is 14.7 Å². The molecule has 2 aliphatic heterocycles. The van der Waals surface area contributed by atoms with Crippen molar-refractivity contribution in [2.75, 3.05) is 33.0 Å². The molecule has 0 bridgehead atoms. The van der Waals surface area contributed by atoms with Crippen LogP contribution in [0.4, 0.5) is 0 Å². The van der Waals surface area contributed by atoms with E-state index in [2.05, 4.69) is 10.00 Å². The summed E-state index contributed by atoms with van der Waals surface area (Å²) in [5.74, 6) is 2.08. The average Bonchev–Trinajstić information content (AvgIpc) is 3.18. The van der Waals surface area contributed by atoms with Gasteiger partial charge in [-0.15, -0.1) is 0 Å². The minimum atomic E-state index is -0.529. The first-order valence-electron chi connectivity index (χ1n) is 7.70. The van der Waals surface area contributed by atoms with Gasteiger partial charge in [-0.1, -0.05) is 0 Å². The Morgan fingerprint density at radius 2 is 2.17 bits per heavy atom. The molecule has 0 saturated carbocycles. The lowest BCUT2D eigenvalue weighted by atomic mass is 10.1. The van der Waals surface area contributed by atoms with Gasteiger partial charge in [-0.05, 0) is 18.2 Å². The zero-order chi connectivity index (χ0) is 15.6. The van der Waals surface area contributed by atoms with Crippen LogP contribution >= 0.6 is 0 Å². The molecule has 0 aliphatic carbocycles. The highest BCUT2D eigenvalue weighted by Crippen LogP contribution is 2.35. The molecule has 1 unspecified atom stereocenters. The first kappa shape index (κ1) is 14.3. The highest BCUT2D eigenvalue weighted by atomic mass is 16.7. The van der Waals surface area contributed by atoms with Crippen molar-refractivity contribution >= 4 is 0 Å². The van der Waals surface area contributed by atoms with E-state index in [1.807, 2.05) is 29.1 Å². The molecule has 7 heteroatoms. The number of rotatable bonds is 6. The quantitative estimate of drug-likeness (QED) is 0.854. The van der Waals surface area contributed by atoms with E-state index in [-0.39, 0.29) is 13.4 Å². The highest BCUT2D eigenvalue weighted by Gasteiger charge is 2.29.